The number of hydrogen-bond donors (Lipinski definition) is 2. The van der Waals surface area contributed by atoms with Crippen LogP contribution in [0.1, 0.15) is 13.8 Å². The van der Waals surface area contributed by atoms with Crippen LogP contribution in [0.4, 0.5) is 11.4 Å². The number of nitrogens with one attached hydrogen (secondary N) is 2. The first-order valence-corrected chi connectivity index (χ1v) is 4.72. The third-order valence-corrected chi connectivity index (χ3v) is 1.94. The summed E-state index contributed by atoms with van der Waals surface area (Å²) in [6.45, 7) is 2.76. The van der Waals surface area contributed by atoms with Crippen LogP contribution in [0, 0.1) is 0 Å². The second-order valence-electron chi connectivity index (χ2n) is 3.02. The van der Waals surface area contributed by atoms with Gasteiger partial charge in [0.15, 0.2) is 0 Å². The van der Waals surface area contributed by atoms with Crippen LogP contribution >= 0.6 is 11.6 Å². The molecule has 0 fully saturated rings. The molecule has 0 aromatic heterocycles. The van der Waals surface area contributed by atoms with E-state index in [-0.39, 0.29) is 11.8 Å². The van der Waals surface area contributed by atoms with Crippen molar-refractivity contribution in [2.24, 2.45) is 0 Å². The van der Waals surface area contributed by atoms with Gasteiger partial charge in [0.1, 0.15) is 0 Å². The quantitative estimate of drug-likeness (QED) is 0.813. The van der Waals surface area contributed by atoms with Crippen molar-refractivity contribution in [2.45, 2.75) is 13.8 Å². The molecule has 0 atom stereocenters. The average molecular weight is 227 g/mol. The van der Waals surface area contributed by atoms with Crippen molar-refractivity contribution in [3.63, 3.8) is 0 Å². The second kappa shape index (κ2) is 4.79. The van der Waals surface area contributed by atoms with Gasteiger partial charge in [-0.2, -0.15) is 0 Å². The van der Waals surface area contributed by atoms with Crippen LogP contribution in [0.15, 0.2) is 18.2 Å². The highest BCUT2D eigenvalue weighted by atomic mass is 35.5. The average Bonchev–Trinajstić information content (AvgIpc) is 2.09. The highest BCUT2D eigenvalue weighted by Gasteiger charge is 2.08. The first-order valence-electron chi connectivity index (χ1n) is 4.34. The van der Waals surface area contributed by atoms with Crippen LogP contribution in [0.2, 0.25) is 5.02 Å². The monoisotopic (exact) mass is 226 g/mol. The van der Waals surface area contributed by atoms with Gasteiger partial charge in [-0.25, -0.2) is 0 Å². The molecule has 80 valence electrons. The topological polar surface area (TPSA) is 58.2 Å². The van der Waals surface area contributed by atoms with Crippen molar-refractivity contribution in [3.8, 4) is 0 Å². The molecule has 2 amide bonds. The van der Waals surface area contributed by atoms with Crippen molar-refractivity contribution in [3.05, 3.63) is 23.2 Å². The Morgan fingerprint density at radius 2 is 1.73 bits per heavy atom. The lowest BCUT2D eigenvalue weighted by Crippen LogP contribution is -2.12. The predicted octanol–water partition coefficient (Wildman–Crippen LogP) is 2.26. The molecule has 0 saturated carbocycles. The largest absolute Gasteiger partial charge is 0.324 e. The molecule has 0 aliphatic carbocycles. The molecule has 0 spiro atoms. The summed E-state index contributed by atoms with van der Waals surface area (Å²) in [6.07, 6.45) is 0. The van der Waals surface area contributed by atoms with Crippen molar-refractivity contribution in [2.75, 3.05) is 10.6 Å². The highest BCUT2D eigenvalue weighted by molar-refractivity contribution is 6.34. The molecule has 1 rings (SSSR count). The van der Waals surface area contributed by atoms with E-state index in [0.29, 0.717) is 16.4 Å². The minimum atomic E-state index is -0.241. The highest BCUT2D eigenvalue weighted by Crippen LogP contribution is 2.30. The maximum absolute atomic E-state index is 10.9. The molecular formula is C10H11ClN2O2. The van der Waals surface area contributed by atoms with E-state index in [1.807, 2.05) is 0 Å². The number of amides is 2. The lowest BCUT2D eigenvalue weighted by Gasteiger charge is -2.11. The Labute approximate surface area is 92.6 Å². The van der Waals surface area contributed by atoms with Gasteiger partial charge in [-0.15, -0.1) is 0 Å². The van der Waals surface area contributed by atoms with Crippen LogP contribution in [0.25, 0.3) is 0 Å². The number of carbonyl (C=O) groups is 2. The molecule has 0 saturated heterocycles. The zero-order chi connectivity index (χ0) is 11.4. The third-order valence-electron chi connectivity index (χ3n) is 1.63. The number of halogens is 1. The number of benzene rings is 1. The van der Waals surface area contributed by atoms with E-state index in [0.717, 1.165) is 0 Å². The summed E-state index contributed by atoms with van der Waals surface area (Å²) in [5.74, 6) is -0.460. The second-order valence-corrected chi connectivity index (χ2v) is 3.43. The van der Waals surface area contributed by atoms with Gasteiger partial charge in [-0.1, -0.05) is 17.7 Å². The summed E-state index contributed by atoms with van der Waals surface area (Å²) in [4.78, 5) is 21.8. The summed E-state index contributed by atoms with van der Waals surface area (Å²) in [6, 6.07) is 5.00. The van der Waals surface area contributed by atoms with Gasteiger partial charge in [-0.3, -0.25) is 9.59 Å². The van der Waals surface area contributed by atoms with Gasteiger partial charge in [0.25, 0.3) is 0 Å². The van der Waals surface area contributed by atoms with Gasteiger partial charge in [0.05, 0.1) is 16.4 Å². The fourth-order valence-electron chi connectivity index (χ4n) is 1.12. The Kier molecular flexibility index (Phi) is 3.68. The lowest BCUT2D eigenvalue weighted by molar-refractivity contribution is -0.115. The van der Waals surface area contributed by atoms with Gasteiger partial charge in [0.2, 0.25) is 11.8 Å². The van der Waals surface area contributed by atoms with E-state index >= 15 is 0 Å². The molecule has 2 N–H and O–H groups in total. The molecule has 5 heteroatoms. The molecule has 0 aliphatic rings. The Bertz CT molecular complexity index is 404. The minimum absolute atomic E-state index is 0.219. The predicted molar refractivity (Wildman–Crippen MR) is 60.1 cm³/mol. The van der Waals surface area contributed by atoms with Crippen LogP contribution in [0.5, 0.6) is 0 Å². The molecule has 0 aliphatic heterocycles. The van der Waals surface area contributed by atoms with Gasteiger partial charge in [-0.05, 0) is 12.1 Å². The van der Waals surface area contributed by atoms with E-state index in [4.69, 9.17) is 11.6 Å². The van der Waals surface area contributed by atoms with Crippen molar-refractivity contribution < 1.29 is 9.59 Å². The molecule has 1 aromatic carbocycles. The van der Waals surface area contributed by atoms with Crippen molar-refractivity contribution in [1.29, 1.82) is 0 Å². The zero-order valence-electron chi connectivity index (χ0n) is 8.43. The van der Waals surface area contributed by atoms with E-state index in [2.05, 4.69) is 10.6 Å². The molecule has 0 radical (unpaired) electrons. The van der Waals surface area contributed by atoms with E-state index in [9.17, 15) is 9.59 Å². The summed E-state index contributed by atoms with van der Waals surface area (Å²) in [7, 11) is 0. The third kappa shape index (κ3) is 3.25. The van der Waals surface area contributed by atoms with E-state index < -0.39 is 0 Å². The standard InChI is InChI=1S/C10H11ClN2O2/c1-6(14)12-9-5-3-4-8(11)10(9)13-7(2)15/h3-5H,1-2H3,(H,12,14)(H,13,15). The SMILES string of the molecule is CC(=O)Nc1cccc(Cl)c1NC(C)=O. The lowest BCUT2D eigenvalue weighted by atomic mass is 10.2. The molecule has 4 nitrogen and oxygen atoms in total. The zero-order valence-corrected chi connectivity index (χ0v) is 9.18. The summed E-state index contributed by atoms with van der Waals surface area (Å²) in [5.41, 5.74) is 0.909. The van der Waals surface area contributed by atoms with E-state index in [1.54, 1.807) is 18.2 Å². The maximum atomic E-state index is 10.9. The molecule has 15 heavy (non-hydrogen) atoms. The normalized spacial score (nSPS) is 9.53. The summed E-state index contributed by atoms with van der Waals surface area (Å²) >= 11 is 5.89. The number of anilines is 2. The summed E-state index contributed by atoms with van der Waals surface area (Å²) < 4.78 is 0. The van der Waals surface area contributed by atoms with Gasteiger partial charge < -0.3 is 10.6 Å². The number of rotatable bonds is 2. The number of para-hydroxylation sites is 1. The first-order chi connectivity index (χ1) is 7.00. The Balaban J connectivity index is 3.08. The van der Waals surface area contributed by atoms with Crippen LogP contribution in [-0.2, 0) is 9.59 Å². The fraction of sp³-hybridized carbons (Fsp3) is 0.200. The number of carbonyl (C=O) groups excluding carboxylic acids is 2. The van der Waals surface area contributed by atoms with Crippen LogP contribution < -0.4 is 10.6 Å². The van der Waals surface area contributed by atoms with Gasteiger partial charge in [0, 0.05) is 13.8 Å². The Morgan fingerprint density at radius 1 is 1.13 bits per heavy atom. The van der Waals surface area contributed by atoms with Crippen LogP contribution in [-0.4, -0.2) is 11.8 Å². The van der Waals surface area contributed by atoms with Crippen molar-refractivity contribution in [1.82, 2.24) is 0 Å². The smallest absolute Gasteiger partial charge is 0.221 e. The van der Waals surface area contributed by atoms with Crippen LogP contribution in [0.3, 0.4) is 0 Å². The Morgan fingerprint density at radius 3 is 2.27 bits per heavy atom. The minimum Gasteiger partial charge on any atom is -0.324 e. The fourth-order valence-corrected chi connectivity index (χ4v) is 1.34. The molecular weight excluding hydrogens is 216 g/mol. The van der Waals surface area contributed by atoms with E-state index in [1.165, 1.54) is 13.8 Å². The number of hydrogen-bond acceptors (Lipinski definition) is 2. The first kappa shape index (κ1) is 11.5. The summed E-state index contributed by atoms with van der Waals surface area (Å²) in [5, 5.41) is 5.53. The Hall–Kier alpha value is -1.55. The van der Waals surface area contributed by atoms with Crippen molar-refractivity contribution >= 4 is 34.8 Å². The molecule has 0 unspecified atom stereocenters. The molecule has 1 aromatic rings. The maximum Gasteiger partial charge on any atom is 0.221 e. The molecule has 0 heterocycles. The molecule has 0 bridgehead atoms. The van der Waals surface area contributed by atoms with Gasteiger partial charge >= 0.3 is 0 Å².